The van der Waals surface area contributed by atoms with E-state index in [-0.39, 0.29) is 31.1 Å². The number of ether oxygens (including phenoxy) is 3. The van der Waals surface area contributed by atoms with Gasteiger partial charge in [-0.2, -0.15) is 0 Å². The van der Waals surface area contributed by atoms with E-state index in [0.29, 0.717) is 19.3 Å². The van der Waals surface area contributed by atoms with E-state index in [4.69, 9.17) is 14.2 Å². The third kappa shape index (κ3) is 59.9. The molecule has 0 aliphatic heterocycles. The zero-order chi connectivity index (χ0) is 52.9. The van der Waals surface area contributed by atoms with E-state index >= 15 is 0 Å². The lowest BCUT2D eigenvalue weighted by Crippen LogP contribution is -2.30. The number of unbranched alkanes of at least 4 members (excludes halogenated alkanes) is 37. The lowest BCUT2D eigenvalue weighted by atomic mass is 10.0. The minimum absolute atomic E-state index is 0.0855. The van der Waals surface area contributed by atoms with Crippen LogP contribution in [-0.2, 0) is 28.6 Å². The van der Waals surface area contributed by atoms with Crippen LogP contribution in [0.1, 0.15) is 329 Å². The number of hydrogen-bond acceptors (Lipinski definition) is 6. The van der Waals surface area contributed by atoms with Crippen LogP contribution < -0.4 is 0 Å². The molecule has 0 aromatic rings. The van der Waals surface area contributed by atoms with Gasteiger partial charge in [-0.15, -0.1) is 0 Å². The van der Waals surface area contributed by atoms with Crippen LogP contribution in [0.25, 0.3) is 0 Å². The van der Waals surface area contributed by atoms with Crippen LogP contribution in [0, 0.1) is 0 Å². The van der Waals surface area contributed by atoms with Crippen molar-refractivity contribution in [2.75, 3.05) is 13.2 Å². The normalized spacial score (nSPS) is 12.4. The fourth-order valence-corrected chi connectivity index (χ4v) is 9.15. The Bertz CT molecular complexity index is 1310. The van der Waals surface area contributed by atoms with Crippen molar-refractivity contribution in [1.29, 1.82) is 0 Å². The Morgan fingerprint density at radius 1 is 0.274 bits per heavy atom. The maximum Gasteiger partial charge on any atom is 0.306 e. The molecule has 0 rings (SSSR count). The minimum atomic E-state index is -0.791. The van der Waals surface area contributed by atoms with Crippen LogP contribution in [0.15, 0.2) is 60.8 Å². The van der Waals surface area contributed by atoms with Gasteiger partial charge in [-0.3, -0.25) is 14.4 Å². The Morgan fingerprint density at radius 2 is 0.493 bits per heavy atom. The van der Waals surface area contributed by atoms with Crippen molar-refractivity contribution in [2.24, 2.45) is 0 Å². The van der Waals surface area contributed by atoms with Crippen molar-refractivity contribution in [1.82, 2.24) is 0 Å². The summed E-state index contributed by atoms with van der Waals surface area (Å²) in [6, 6.07) is 0. The van der Waals surface area contributed by atoms with Crippen molar-refractivity contribution in [2.45, 2.75) is 335 Å². The second-order valence-corrected chi connectivity index (χ2v) is 21.3. The first-order chi connectivity index (χ1) is 36.0. The molecule has 0 aliphatic carbocycles. The Labute approximate surface area is 453 Å². The molecule has 0 aromatic carbocycles. The second-order valence-electron chi connectivity index (χ2n) is 21.3. The van der Waals surface area contributed by atoms with Gasteiger partial charge in [0.25, 0.3) is 0 Å². The van der Waals surface area contributed by atoms with Gasteiger partial charge in [-0.1, -0.05) is 261 Å². The topological polar surface area (TPSA) is 78.9 Å². The van der Waals surface area contributed by atoms with Crippen LogP contribution >= 0.6 is 0 Å². The standard InChI is InChI=1S/C67H120O6/c1-4-7-10-13-16-19-22-25-28-30-32-33-35-36-39-42-45-48-51-54-57-60-66(69)72-63-64(62-71-65(68)59-56-53-50-47-44-41-38-27-24-21-18-15-12-9-6-3)73-67(70)61-58-55-52-49-46-43-40-37-34-31-29-26-23-20-17-14-11-8-5-2/h18,21,25-29,38,44,47,64H,4-17,19-20,22-24,30-37,39-43,45-46,48-63H2,1-3H3/b21-18-,28-25-,29-26-,38-27-,47-44-/t64-/m1/s1. The fraction of sp³-hybridized carbons (Fsp3) is 0.806. The summed E-state index contributed by atoms with van der Waals surface area (Å²) in [5.74, 6) is -0.912. The molecule has 0 N–H and O–H groups in total. The first kappa shape index (κ1) is 70.1. The first-order valence-corrected chi connectivity index (χ1v) is 31.8. The van der Waals surface area contributed by atoms with Crippen LogP contribution in [-0.4, -0.2) is 37.2 Å². The highest BCUT2D eigenvalue weighted by molar-refractivity contribution is 5.71. The third-order valence-corrected chi connectivity index (χ3v) is 14.0. The zero-order valence-electron chi connectivity index (χ0n) is 48.7. The molecule has 0 spiro atoms. The molecular formula is C67H120O6. The van der Waals surface area contributed by atoms with E-state index in [1.165, 1.54) is 218 Å². The highest BCUT2D eigenvalue weighted by Crippen LogP contribution is 2.16. The first-order valence-electron chi connectivity index (χ1n) is 31.8. The molecule has 0 radical (unpaired) electrons. The number of esters is 3. The van der Waals surface area contributed by atoms with Gasteiger partial charge in [-0.05, 0) is 109 Å². The van der Waals surface area contributed by atoms with Crippen LogP contribution in [0.3, 0.4) is 0 Å². The molecule has 0 unspecified atom stereocenters. The molecule has 0 aromatic heterocycles. The molecule has 0 amide bonds. The average Bonchev–Trinajstić information content (AvgIpc) is 3.39. The van der Waals surface area contributed by atoms with Gasteiger partial charge in [-0.25, -0.2) is 0 Å². The third-order valence-electron chi connectivity index (χ3n) is 14.0. The Hall–Kier alpha value is -2.89. The Balaban J connectivity index is 4.37. The number of carbonyl (C=O) groups excluding carboxylic acids is 3. The zero-order valence-corrected chi connectivity index (χ0v) is 48.7. The summed E-state index contributed by atoms with van der Waals surface area (Å²) >= 11 is 0. The summed E-state index contributed by atoms with van der Waals surface area (Å²) in [5, 5.41) is 0. The SMILES string of the molecule is CCCCC/C=C\C/C=C\C/C=C\CCCCC(=O)OC[C@H](COC(=O)CCCCCCCCCCCCC/C=C\CCCCCCCC)OC(=O)CCCCCCCCCCC/C=C\CCCCCCCC. The Kier molecular flexibility index (Phi) is 59.2. The highest BCUT2D eigenvalue weighted by Gasteiger charge is 2.19. The van der Waals surface area contributed by atoms with Gasteiger partial charge in [0.05, 0.1) is 0 Å². The van der Waals surface area contributed by atoms with E-state index in [9.17, 15) is 14.4 Å². The molecule has 0 saturated carbocycles. The van der Waals surface area contributed by atoms with Crippen LogP contribution in [0.5, 0.6) is 0 Å². The Morgan fingerprint density at radius 3 is 0.836 bits per heavy atom. The quantitative estimate of drug-likeness (QED) is 0.0261. The fourth-order valence-electron chi connectivity index (χ4n) is 9.15. The molecule has 0 bridgehead atoms. The number of hydrogen-bond donors (Lipinski definition) is 0. The summed E-state index contributed by atoms with van der Waals surface area (Å²) in [6.45, 7) is 6.61. The van der Waals surface area contributed by atoms with E-state index in [1.807, 2.05) is 0 Å². The summed E-state index contributed by atoms with van der Waals surface area (Å²) in [6.07, 6.45) is 78.0. The molecule has 424 valence electrons. The van der Waals surface area contributed by atoms with Crippen molar-refractivity contribution >= 4 is 17.9 Å². The smallest absolute Gasteiger partial charge is 0.306 e. The molecule has 0 heterocycles. The van der Waals surface area contributed by atoms with Gasteiger partial charge in [0.15, 0.2) is 6.10 Å². The summed E-state index contributed by atoms with van der Waals surface area (Å²) in [5.41, 5.74) is 0. The van der Waals surface area contributed by atoms with E-state index < -0.39 is 6.10 Å². The molecular weight excluding hydrogens is 901 g/mol. The molecule has 6 nitrogen and oxygen atoms in total. The molecule has 0 fully saturated rings. The number of allylic oxidation sites excluding steroid dienone is 10. The van der Waals surface area contributed by atoms with Crippen LogP contribution in [0.4, 0.5) is 0 Å². The highest BCUT2D eigenvalue weighted by atomic mass is 16.6. The monoisotopic (exact) mass is 1020 g/mol. The van der Waals surface area contributed by atoms with Gasteiger partial charge in [0, 0.05) is 19.3 Å². The molecule has 1 atom stereocenters. The van der Waals surface area contributed by atoms with E-state index in [0.717, 1.165) is 70.6 Å². The van der Waals surface area contributed by atoms with Crippen LogP contribution in [0.2, 0.25) is 0 Å². The van der Waals surface area contributed by atoms with Gasteiger partial charge >= 0.3 is 17.9 Å². The molecule has 73 heavy (non-hydrogen) atoms. The molecule has 6 heteroatoms. The van der Waals surface area contributed by atoms with Crippen molar-refractivity contribution in [3.05, 3.63) is 60.8 Å². The molecule has 0 saturated heterocycles. The summed E-state index contributed by atoms with van der Waals surface area (Å²) in [7, 11) is 0. The second kappa shape index (κ2) is 61.7. The lowest BCUT2D eigenvalue weighted by molar-refractivity contribution is -0.167. The lowest BCUT2D eigenvalue weighted by Gasteiger charge is -2.18. The van der Waals surface area contributed by atoms with Gasteiger partial charge in [0.2, 0.25) is 0 Å². The predicted octanol–water partition coefficient (Wildman–Crippen LogP) is 21.6. The number of carbonyl (C=O) groups is 3. The largest absolute Gasteiger partial charge is 0.462 e. The van der Waals surface area contributed by atoms with Crippen molar-refractivity contribution in [3.8, 4) is 0 Å². The average molecular weight is 1020 g/mol. The summed E-state index contributed by atoms with van der Waals surface area (Å²) in [4.78, 5) is 38.3. The number of rotatable bonds is 58. The van der Waals surface area contributed by atoms with Crippen molar-refractivity contribution in [3.63, 3.8) is 0 Å². The van der Waals surface area contributed by atoms with E-state index in [1.54, 1.807) is 0 Å². The predicted molar refractivity (Wildman–Crippen MR) is 316 cm³/mol. The minimum Gasteiger partial charge on any atom is -0.462 e. The van der Waals surface area contributed by atoms with E-state index in [2.05, 4.69) is 81.5 Å². The maximum absolute atomic E-state index is 12.9. The van der Waals surface area contributed by atoms with Crippen molar-refractivity contribution < 1.29 is 28.6 Å². The van der Waals surface area contributed by atoms with Gasteiger partial charge in [0.1, 0.15) is 13.2 Å². The molecule has 0 aliphatic rings. The van der Waals surface area contributed by atoms with Gasteiger partial charge < -0.3 is 14.2 Å². The summed E-state index contributed by atoms with van der Waals surface area (Å²) < 4.78 is 16.9. The maximum atomic E-state index is 12.9.